The Labute approximate surface area is 178 Å². The van der Waals surface area contributed by atoms with Crippen LogP contribution >= 0.6 is 11.8 Å². The van der Waals surface area contributed by atoms with E-state index in [1.54, 1.807) is 54.5 Å². The van der Waals surface area contributed by atoms with Gasteiger partial charge in [0, 0.05) is 23.8 Å². The Morgan fingerprint density at radius 2 is 1.80 bits per heavy atom. The number of pyridine rings is 1. The van der Waals surface area contributed by atoms with E-state index in [1.165, 1.54) is 26.0 Å². The molecular weight excluding hydrogens is 402 g/mol. The van der Waals surface area contributed by atoms with Crippen molar-refractivity contribution in [2.24, 2.45) is 0 Å². The van der Waals surface area contributed by atoms with Gasteiger partial charge in [0.2, 0.25) is 0 Å². The third-order valence-corrected chi connectivity index (χ3v) is 5.83. The van der Waals surface area contributed by atoms with Crippen molar-refractivity contribution in [3.05, 3.63) is 65.9 Å². The molecule has 2 aromatic carbocycles. The van der Waals surface area contributed by atoms with Crippen molar-refractivity contribution in [2.75, 3.05) is 31.5 Å². The fourth-order valence-electron chi connectivity index (χ4n) is 3.24. The van der Waals surface area contributed by atoms with Crippen LogP contribution in [0, 0.1) is 0 Å². The zero-order valence-corrected chi connectivity index (χ0v) is 17.4. The van der Waals surface area contributed by atoms with Gasteiger partial charge in [-0.2, -0.15) is 0 Å². The van der Waals surface area contributed by atoms with Crippen LogP contribution in [-0.4, -0.2) is 38.1 Å². The number of nitrogens with zero attached hydrogens (tertiary/aromatic N) is 2. The molecule has 1 aromatic heterocycles. The van der Waals surface area contributed by atoms with Gasteiger partial charge in [-0.1, -0.05) is 17.8 Å². The molecular formula is C22H19N3O4S. The van der Waals surface area contributed by atoms with E-state index in [1.807, 2.05) is 12.1 Å². The Balaban J connectivity index is 1.68. The second kappa shape index (κ2) is 8.08. The molecule has 0 spiro atoms. The van der Waals surface area contributed by atoms with E-state index >= 15 is 0 Å². The van der Waals surface area contributed by atoms with E-state index in [0.717, 1.165) is 15.6 Å². The standard InChI is InChI=1S/C22H19N3O4S/c1-25-15-6-5-11-23-21(15)30-18-10-9-13(12-14(18)22(25)27)24-20(26)19-16(28-2)7-4-8-17(19)29-3/h4-12H,1-3H3,(H,24,26). The predicted molar refractivity (Wildman–Crippen MR) is 115 cm³/mol. The van der Waals surface area contributed by atoms with Crippen molar-refractivity contribution in [2.45, 2.75) is 9.92 Å². The Morgan fingerprint density at radius 3 is 2.50 bits per heavy atom. The summed E-state index contributed by atoms with van der Waals surface area (Å²) in [6.45, 7) is 0. The SMILES string of the molecule is COc1cccc(OC)c1C(=O)Nc1ccc2c(c1)C(=O)N(C)c1cccnc1S2. The number of methoxy groups -OCH3 is 2. The van der Waals surface area contributed by atoms with Crippen LogP contribution in [0.5, 0.6) is 11.5 Å². The second-order valence-corrected chi connectivity index (χ2v) is 7.53. The van der Waals surface area contributed by atoms with Crippen LogP contribution in [0.4, 0.5) is 11.4 Å². The number of benzene rings is 2. The number of nitrogens with one attached hydrogen (secondary N) is 1. The van der Waals surface area contributed by atoms with Gasteiger partial charge in [-0.25, -0.2) is 4.98 Å². The zero-order chi connectivity index (χ0) is 21.3. The molecule has 0 saturated heterocycles. The highest BCUT2D eigenvalue weighted by atomic mass is 32.2. The first-order valence-corrected chi connectivity index (χ1v) is 9.92. The van der Waals surface area contributed by atoms with Gasteiger partial charge in [0.05, 0.1) is 25.5 Å². The van der Waals surface area contributed by atoms with Gasteiger partial charge in [-0.05, 0) is 42.5 Å². The summed E-state index contributed by atoms with van der Waals surface area (Å²) in [6.07, 6.45) is 1.70. The second-order valence-electron chi connectivity index (χ2n) is 6.50. The fraction of sp³-hybridized carbons (Fsp3) is 0.136. The van der Waals surface area contributed by atoms with Gasteiger partial charge < -0.3 is 19.7 Å². The molecule has 0 atom stereocenters. The Kier molecular flexibility index (Phi) is 5.33. The highest BCUT2D eigenvalue weighted by Gasteiger charge is 2.26. The first kappa shape index (κ1) is 19.8. The van der Waals surface area contributed by atoms with Crippen molar-refractivity contribution in [3.63, 3.8) is 0 Å². The summed E-state index contributed by atoms with van der Waals surface area (Å²) in [5, 5.41) is 3.59. The topological polar surface area (TPSA) is 80.8 Å². The smallest absolute Gasteiger partial charge is 0.263 e. The molecule has 0 unspecified atom stereocenters. The zero-order valence-electron chi connectivity index (χ0n) is 16.6. The third-order valence-electron chi connectivity index (χ3n) is 4.75. The van der Waals surface area contributed by atoms with Crippen LogP contribution in [0.25, 0.3) is 0 Å². The number of hydrogen-bond donors (Lipinski definition) is 1. The molecule has 30 heavy (non-hydrogen) atoms. The van der Waals surface area contributed by atoms with Crippen LogP contribution in [0.2, 0.25) is 0 Å². The maximum absolute atomic E-state index is 13.0. The number of carbonyl (C=O) groups is 2. The van der Waals surface area contributed by atoms with Crippen molar-refractivity contribution < 1.29 is 19.1 Å². The van der Waals surface area contributed by atoms with Crippen LogP contribution in [0.1, 0.15) is 20.7 Å². The monoisotopic (exact) mass is 421 g/mol. The Hall–Kier alpha value is -3.52. The van der Waals surface area contributed by atoms with E-state index in [9.17, 15) is 9.59 Å². The fourth-order valence-corrected chi connectivity index (χ4v) is 4.27. The average Bonchev–Trinajstić information content (AvgIpc) is 2.88. The van der Waals surface area contributed by atoms with E-state index in [0.29, 0.717) is 22.7 Å². The lowest BCUT2D eigenvalue weighted by atomic mass is 10.1. The summed E-state index contributed by atoms with van der Waals surface area (Å²) >= 11 is 1.42. The van der Waals surface area contributed by atoms with Crippen molar-refractivity contribution in [1.29, 1.82) is 0 Å². The summed E-state index contributed by atoms with van der Waals surface area (Å²) in [5.74, 6) is 0.232. The van der Waals surface area contributed by atoms with E-state index < -0.39 is 5.91 Å². The minimum Gasteiger partial charge on any atom is -0.496 e. The first-order valence-electron chi connectivity index (χ1n) is 9.10. The number of amides is 2. The predicted octanol–water partition coefficient (Wildman–Crippen LogP) is 4.09. The highest BCUT2D eigenvalue weighted by molar-refractivity contribution is 7.99. The molecule has 1 aliphatic rings. The molecule has 0 bridgehead atoms. The highest BCUT2D eigenvalue weighted by Crippen LogP contribution is 2.40. The maximum atomic E-state index is 13.0. The Bertz CT molecular complexity index is 1130. The third kappa shape index (κ3) is 3.46. The molecule has 0 aliphatic carbocycles. The molecule has 0 saturated carbocycles. The number of ether oxygens (including phenoxy) is 2. The van der Waals surface area contributed by atoms with Crippen LogP contribution in [0.3, 0.4) is 0 Å². The quantitative estimate of drug-likeness (QED) is 0.683. The van der Waals surface area contributed by atoms with Crippen molar-refractivity contribution >= 4 is 35.0 Å². The molecule has 152 valence electrons. The lowest BCUT2D eigenvalue weighted by molar-refractivity contribution is 0.0986. The molecule has 1 aliphatic heterocycles. The van der Waals surface area contributed by atoms with Crippen LogP contribution in [-0.2, 0) is 0 Å². The lowest BCUT2D eigenvalue weighted by Gasteiger charge is -2.17. The summed E-state index contributed by atoms with van der Waals surface area (Å²) < 4.78 is 10.6. The summed E-state index contributed by atoms with van der Waals surface area (Å²) in [7, 11) is 4.69. The largest absolute Gasteiger partial charge is 0.496 e. The molecule has 2 amide bonds. The first-order chi connectivity index (χ1) is 14.5. The summed E-state index contributed by atoms with van der Waals surface area (Å²) in [6, 6.07) is 14.0. The molecule has 3 aromatic rings. The van der Waals surface area contributed by atoms with E-state index in [2.05, 4.69) is 10.3 Å². The number of carbonyl (C=O) groups excluding carboxylic acids is 2. The minimum atomic E-state index is -0.392. The van der Waals surface area contributed by atoms with Crippen molar-refractivity contribution in [1.82, 2.24) is 4.98 Å². The number of hydrogen-bond acceptors (Lipinski definition) is 6. The van der Waals surface area contributed by atoms with Gasteiger partial charge in [0.25, 0.3) is 11.8 Å². The summed E-state index contributed by atoms with van der Waals surface area (Å²) in [4.78, 5) is 32.7. The number of aromatic nitrogens is 1. The van der Waals surface area contributed by atoms with Gasteiger partial charge in [-0.15, -0.1) is 0 Å². The van der Waals surface area contributed by atoms with Crippen molar-refractivity contribution in [3.8, 4) is 11.5 Å². The van der Waals surface area contributed by atoms with Gasteiger partial charge >= 0.3 is 0 Å². The van der Waals surface area contributed by atoms with Gasteiger partial charge in [0.1, 0.15) is 22.1 Å². The number of rotatable bonds is 4. The van der Waals surface area contributed by atoms with Crippen LogP contribution < -0.4 is 19.7 Å². The van der Waals surface area contributed by atoms with E-state index in [4.69, 9.17) is 9.47 Å². The molecule has 0 radical (unpaired) electrons. The summed E-state index contributed by atoms with van der Waals surface area (Å²) in [5.41, 5.74) is 2.01. The van der Waals surface area contributed by atoms with Crippen LogP contribution in [0.15, 0.2) is 64.6 Å². The lowest BCUT2D eigenvalue weighted by Crippen LogP contribution is -2.26. The maximum Gasteiger partial charge on any atom is 0.263 e. The Morgan fingerprint density at radius 1 is 1.07 bits per heavy atom. The molecule has 0 fully saturated rings. The average molecular weight is 421 g/mol. The van der Waals surface area contributed by atoms with E-state index in [-0.39, 0.29) is 11.5 Å². The minimum absolute atomic E-state index is 0.171. The molecule has 2 heterocycles. The molecule has 4 rings (SSSR count). The van der Waals surface area contributed by atoms with Gasteiger partial charge in [-0.3, -0.25) is 9.59 Å². The molecule has 8 heteroatoms. The number of fused-ring (bicyclic) bond motifs is 2. The molecule has 7 nitrogen and oxygen atoms in total. The normalized spacial score (nSPS) is 12.5. The molecule has 1 N–H and O–H groups in total. The number of anilines is 2. The van der Waals surface area contributed by atoms with Gasteiger partial charge in [0.15, 0.2) is 0 Å².